The molecule has 0 aromatic carbocycles. The van der Waals surface area contributed by atoms with Crippen LogP contribution < -0.4 is 0 Å². The van der Waals surface area contributed by atoms with Crippen LogP contribution in [-0.2, 0) is 19.1 Å². The summed E-state index contributed by atoms with van der Waals surface area (Å²) in [6, 6.07) is 0. The minimum atomic E-state index is -0.847. The Labute approximate surface area is 102 Å². The number of esters is 2. The fourth-order valence-corrected chi connectivity index (χ4v) is 1.96. The van der Waals surface area contributed by atoms with Gasteiger partial charge in [-0.2, -0.15) is 0 Å². The van der Waals surface area contributed by atoms with E-state index in [1.54, 1.807) is 19.9 Å². The second-order valence-electron chi connectivity index (χ2n) is 4.13. The van der Waals surface area contributed by atoms with Gasteiger partial charge in [0.2, 0.25) is 0 Å². The molecule has 1 fully saturated rings. The highest BCUT2D eigenvalue weighted by atomic mass is 16.6. The molecular weight excluding hydrogens is 220 g/mol. The van der Waals surface area contributed by atoms with E-state index < -0.39 is 17.9 Å². The molecule has 0 saturated heterocycles. The Balaban J connectivity index is 2.79. The standard InChI is InChI=1S/C13H20O4/c1-4-10(9-7-8-9)11(12(14)16-5-2)13(15)17-6-3/h4,9-11H,1,5-8H2,2-3H3/t10-/m0/s1. The van der Waals surface area contributed by atoms with E-state index in [0.29, 0.717) is 5.92 Å². The van der Waals surface area contributed by atoms with Crippen LogP contribution in [0.5, 0.6) is 0 Å². The highest BCUT2D eigenvalue weighted by molar-refractivity contribution is 5.95. The van der Waals surface area contributed by atoms with Crippen LogP contribution >= 0.6 is 0 Å². The van der Waals surface area contributed by atoms with E-state index in [-0.39, 0.29) is 19.1 Å². The minimum absolute atomic E-state index is 0.159. The molecule has 96 valence electrons. The first-order valence-electron chi connectivity index (χ1n) is 6.11. The number of allylic oxidation sites excluding steroid dienone is 1. The molecule has 0 aliphatic heterocycles. The second-order valence-corrected chi connectivity index (χ2v) is 4.13. The number of carbonyl (C=O) groups excluding carboxylic acids is 2. The third-order valence-electron chi connectivity index (χ3n) is 2.90. The summed E-state index contributed by atoms with van der Waals surface area (Å²) in [4.78, 5) is 23.6. The van der Waals surface area contributed by atoms with Gasteiger partial charge in [0.15, 0.2) is 5.92 Å². The number of carbonyl (C=O) groups is 2. The quantitative estimate of drug-likeness (QED) is 0.387. The molecule has 17 heavy (non-hydrogen) atoms. The van der Waals surface area contributed by atoms with Crippen molar-refractivity contribution < 1.29 is 19.1 Å². The lowest BCUT2D eigenvalue weighted by Gasteiger charge is -2.20. The fraction of sp³-hybridized carbons (Fsp3) is 0.692. The van der Waals surface area contributed by atoms with Gasteiger partial charge in [0.25, 0.3) is 0 Å². The van der Waals surface area contributed by atoms with Crippen molar-refractivity contribution in [2.24, 2.45) is 17.8 Å². The zero-order chi connectivity index (χ0) is 12.8. The second kappa shape index (κ2) is 6.42. The van der Waals surface area contributed by atoms with Crippen molar-refractivity contribution in [3.8, 4) is 0 Å². The summed E-state index contributed by atoms with van der Waals surface area (Å²) < 4.78 is 9.89. The molecule has 0 aromatic rings. The maximum absolute atomic E-state index is 11.8. The van der Waals surface area contributed by atoms with E-state index in [4.69, 9.17) is 9.47 Å². The minimum Gasteiger partial charge on any atom is -0.465 e. The van der Waals surface area contributed by atoms with E-state index in [9.17, 15) is 9.59 Å². The Morgan fingerprint density at radius 2 is 1.71 bits per heavy atom. The molecule has 0 N–H and O–H groups in total. The zero-order valence-electron chi connectivity index (χ0n) is 10.5. The van der Waals surface area contributed by atoms with Crippen LogP contribution in [0.25, 0.3) is 0 Å². The van der Waals surface area contributed by atoms with Gasteiger partial charge in [-0.3, -0.25) is 9.59 Å². The molecular formula is C13H20O4. The normalized spacial score (nSPS) is 16.4. The van der Waals surface area contributed by atoms with Crippen LogP contribution in [0.2, 0.25) is 0 Å². The smallest absolute Gasteiger partial charge is 0.320 e. The summed E-state index contributed by atoms with van der Waals surface area (Å²) >= 11 is 0. The van der Waals surface area contributed by atoms with Crippen LogP contribution in [0.15, 0.2) is 12.7 Å². The molecule has 1 saturated carbocycles. The van der Waals surface area contributed by atoms with Gasteiger partial charge in [-0.1, -0.05) is 6.08 Å². The number of rotatable bonds is 7. The summed E-state index contributed by atoms with van der Waals surface area (Å²) in [5, 5.41) is 0. The Hall–Kier alpha value is -1.32. The lowest BCUT2D eigenvalue weighted by molar-refractivity contribution is -0.163. The number of hydrogen-bond donors (Lipinski definition) is 0. The van der Waals surface area contributed by atoms with Crippen LogP contribution in [0.4, 0.5) is 0 Å². The SMILES string of the molecule is C=C[C@@H](C1CC1)C(C(=O)OCC)C(=O)OCC. The predicted molar refractivity (Wildman–Crippen MR) is 63.2 cm³/mol. The van der Waals surface area contributed by atoms with Crippen LogP contribution in [0.3, 0.4) is 0 Å². The molecule has 1 aliphatic carbocycles. The van der Waals surface area contributed by atoms with Crippen LogP contribution in [0, 0.1) is 17.8 Å². The van der Waals surface area contributed by atoms with Gasteiger partial charge in [0, 0.05) is 5.92 Å². The molecule has 1 aliphatic rings. The fourth-order valence-electron chi connectivity index (χ4n) is 1.96. The van der Waals surface area contributed by atoms with Gasteiger partial charge < -0.3 is 9.47 Å². The molecule has 1 atom stereocenters. The van der Waals surface area contributed by atoms with Crippen LogP contribution in [0.1, 0.15) is 26.7 Å². The lowest BCUT2D eigenvalue weighted by Crippen LogP contribution is -2.34. The summed E-state index contributed by atoms with van der Waals surface area (Å²) in [6.45, 7) is 7.69. The van der Waals surface area contributed by atoms with Crippen molar-refractivity contribution in [3.05, 3.63) is 12.7 Å². The highest BCUT2D eigenvalue weighted by Crippen LogP contribution is 2.42. The maximum Gasteiger partial charge on any atom is 0.320 e. The number of hydrogen-bond acceptors (Lipinski definition) is 4. The summed E-state index contributed by atoms with van der Waals surface area (Å²) in [5.74, 6) is -1.63. The van der Waals surface area contributed by atoms with Gasteiger partial charge in [0.1, 0.15) is 0 Å². The molecule has 4 nitrogen and oxygen atoms in total. The Kier molecular flexibility index (Phi) is 5.19. The molecule has 0 aromatic heterocycles. The van der Waals surface area contributed by atoms with Crippen LogP contribution in [-0.4, -0.2) is 25.2 Å². The molecule has 0 amide bonds. The van der Waals surface area contributed by atoms with Crippen molar-refractivity contribution in [3.63, 3.8) is 0 Å². The molecule has 0 heterocycles. The van der Waals surface area contributed by atoms with Crippen molar-refractivity contribution in [2.75, 3.05) is 13.2 Å². The topological polar surface area (TPSA) is 52.6 Å². The third-order valence-corrected chi connectivity index (χ3v) is 2.90. The van der Waals surface area contributed by atoms with Crippen molar-refractivity contribution in [2.45, 2.75) is 26.7 Å². The first kappa shape index (κ1) is 13.7. The highest BCUT2D eigenvalue weighted by Gasteiger charge is 2.43. The van der Waals surface area contributed by atoms with Gasteiger partial charge in [-0.05, 0) is 32.6 Å². The Bertz CT molecular complexity index is 276. The summed E-state index contributed by atoms with van der Waals surface area (Å²) in [7, 11) is 0. The lowest BCUT2D eigenvalue weighted by atomic mass is 9.88. The van der Waals surface area contributed by atoms with Crippen molar-refractivity contribution in [1.29, 1.82) is 0 Å². The van der Waals surface area contributed by atoms with Gasteiger partial charge in [0.05, 0.1) is 13.2 Å². The first-order chi connectivity index (χ1) is 8.15. The molecule has 0 radical (unpaired) electrons. The largest absolute Gasteiger partial charge is 0.465 e. The average molecular weight is 240 g/mol. The Morgan fingerprint density at radius 1 is 1.24 bits per heavy atom. The number of ether oxygens (including phenoxy) is 2. The van der Waals surface area contributed by atoms with Gasteiger partial charge in [-0.15, -0.1) is 6.58 Å². The predicted octanol–water partition coefficient (Wildman–Crippen LogP) is 1.94. The van der Waals surface area contributed by atoms with Gasteiger partial charge >= 0.3 is 11.9 Å². The molecule has 1 rings (SSSR count). The van der Waals surface area contributed by atoms with Crippen molar-refractivity contribution in [1.82, 2.24) is 0 Å². The average Bonchev–Trinajstić information content (AvgIpc) is 3.09. The van der Waals surface area contributed by atoms with E-state index in [1.807, 2.05) is 0 Å². The summed E-state index contributed by atoms with van der Waals surface area (Å²) in [6.07, 6.45) is 3.74. The molecule has 4 heteroatoms. The van der Waals surface area contributed by atoms with E-state index in [1.165, 1.54) is 0 Å². The third kappa shape index (κ3) is 3.58. The molecule has 0 unspecified atom stereocenters. The molecule has 0 spiro atoms. The zero-order valence-corrected chi connectivity index (χ0v) is 10.5. The molecule has 0 bridgehead atoms. The first-order valence-corrected chi connectivity index (χ1v) is 6.11. The van der Waals surface area contributed by atoms with Gasteiger partial charge in [-0.25, -0.2) is 0 Å². The maximum atomic E-state index is 11.8. The monoisotopic (exact) mass is 240 g/mol. The van der Waals surface area contributed by atoms with E-state index in [2.05, 4.69) is 6.58 Å². The van der Waals surface area contributed by atoms with Crippen molar-refractivity contribution >= 4 is 11.9 Å². The van der Waals surface area contributed by atoms with E-state index >= 15 is 0 Å². The van der Waals surface area contributed by atoms with E-state index in [0.717, 1.165) is 12.8 Å². The Morgan fingerprint density at radius 3 is 2.00 bits per heavy atom. The summed E-state index contributed by atoms with van der Waals surface area (Å²) in [5.41, 5.74) is 0.